The van der Waals surface area contributed by atoms with E-state index in [9.17, 15) is 0 Å². The fourth-order valence-corrected chi connectivity index (χ4v) is 4.50. The number of hydrogen-bond acceptors (Lipinski definition) is 4. The molecule has 0 unspecified atom stereocenters. The molecule has 1 heterocycles. The molecule has 3 aromatic rings. The molecule has 0 spiro atoms. The van der Waals surface area contributed by atoms with Crippen molar-refractivity contribution in [2.45, 2.75) is 39.9 Å². The minimum absolute atomic E-state index is 0.291. The summed E-state index contributed by atoms with van der Waals surface area (Å²) in [5.41, 5.74) is 4.37. The van der Waals surface area contributed by atoms with Gasteiger partial charge in [-0.1, -0.05) is 74.5 Å². The number of nitrogens with zero attached hydrogens (tertiary/aromatic N) is 1. The Morgan fingerprint density at radius 1 is 0.879 bits per heavy atom. The quantitative estimate of drug-likeness (QED) is 0.259. The zero-order valence-corrected chi connectivity index (χ0v) is 21.5. The van der Waals surface area contributed by atoms with Crippen molar-refractivity contribution in [3.05, 3.63) is 98.6 Å². The minimum atomic E-state index is 0.291. The summed E-state index contributed by atoms with van der Waals surface area (Å²) in [6.07, 6.45) is 0. The summed E-state index contributed by atoms with van der Waals surface area (Å²) in [4.78, 5) is 6.19. The average Bonchev–Trinajstić information content (AvgIpc) is 3.22. The molecule has 0 saturated carbocycles. The summed E-state index contributed by atoms with van der Waals surface area (Å²) < 4.78 is 13.9. The van der Waals surface area contributed by atoms with Crippen LogP contribution in [0, 0.1) is 0 Å². The lowest BCUT2D eigenvalue weighted by molar-refractivity contribution is -0.0562. The number of hydrogen-bond donors (Lipinski definition) is 0. The Morgan fingerprint density at radius 3 is 1.97 bits per heavy atom. The van der Waals surface area contributed by atoms with E-state index < -0.39 is 0 Å². The Labute approximate surface area is 210 Å². The van der Waals surface area contributed by atoms with Gasteiger partial charge in [0.2, 0.25) is 0 Å². The van der Waals surface area contributed by atoms with Crippen molar-refractivity contribution < 1.29 is 14.3 Å². The number of halogens is 1. The van der Waals surface area contributed by atoms with Gasteiger partial charge >= 0.3 is 0 Å². The van der Waals surface area contributed by atoms with Crippen molar-refractivity contribution in [1.82, 2.24) is 5.06 Å². The van der Waals surface area contributed by atoms with E-state index in [1.54, 1.807) is 0 Å². The number of benzene rings is 3. The van der Waals surface area contributed by atoms with Crippen molar-refractivity contribution in [2.75, 3.05) is 13.1 Å². The van der Waals surface area contributed by atoms with Crippen LogP contribution in [0.1, 0.15) is 48.9 Å². The number of likely N-dealkylation sites (N-methyl/N-ethyl adjacent to an activating group) is 1. The predicted octanol–water partition coefficient (Wildman–Crippen LogP) is 7.34. The summed E-state index contributed by atoms with van der Waals surface area (Å²) in [5.74, 6) is 2.78. The monoisotopic (exact) mass is 555 g/mol. The second kappa shape index (κ2) is 11.1. The van der Waals surface area contributed by atoms with Crippen LogP contribution >= 0.6 is 22.6 Å². The van der Waals surface area contributed by atoms with Gasteiger partial charge in [0.15, 0.2) is 5.76 Å². The molecule has 0 N–H and O–H groups in total. The third kappa shape index (κ3) is 5.89. The molecule has 3 aromatic carbocycles. The molecular weight excluding hydrogens is 525 g/mol. The first kappa shape index (κ1) is 23.6. The van der Waals surface area contributed by atoms with Gasteiger partial charge in [-0.15, -0.1) is 5.06 Å². The maximum Gasteiger partial charge on any atom is 0.169 e. The van der Waals surface area contributed by atoms with Crippen molar-refractivity contribution in [3.8, 4) is 11.5 Å². The molecule has 0 aromatic heterocycles. The highest BCUT2D eigenvalue weighted by atomic mass is 127. The van der Waals surface area contributed by atoms with Gasteiger partial charge in [0.25, 0.3) is 0 Å². The molecule has 5 heteroatoms. The summed E-state index contributed by atoms with van der Waals surface area (Å²) in [5, 5.41) is 1.97. The zero-order valence-electron chi connectivity index (χ0n) is 19.4. The first-order valence-electron chi connectivity index (χ1n) is 11.4. The summed E-state index contributed by atoms with van der Waals surface area (Å²) in [6, 6.07) is 24.7. The normalized spacial score (nSPS) is 14.0. The molecule has 4 rings (SSSR count). The maximum absolute atomic E-state index is 6.36. The lowest BCUT2D eigenvalue weighted by Crippen LogP contribution is -2.18. The predicted molar refractivity (Wildman–Crippen MR) is 141 cm³/mol. The highest BCUT2D eigenvalue weighted by molar-refractivity contribution is 14.1. The molecule has 0 fully saturated rings. The molecule has 1 aliphatic heterocycles. The molecule has 0 amide bonds. The Hall–Kier alpha value is -2.51. The number of hydroxylamine groups is 2. The highest BCUT2D eigenvalue weighted by Crippen LogP contribution is 2.42. The number of rotatable bonds is 9. The molecule has 0 saturated heterocycles. The first-order valence-corrected chi connectivity index (χ1v) is 12.5. The molecule has 0 radical (unpaired) electrons. The van der Waals surface area contributed by atoms with Crippen LogP contribution in [0.4, 0.5) is 0 Å². The van der Waals surface area contributed by atoms with E-state index in [4.69, 9.17) is 14.3 Å². The Bertz CT molecular complexity index is 1100. The van der Waals surface area contributed by atoms with Crippen LogP contribution in [0.2, 0.25) is 0 Å². The second-order valence-electron chi connectivity index (χ2n) is 8.37. The van der Waals surface area contributed by atoms with E-state index in [2.05, 4.69) is 73.7 Å². The van der Waals surface area contributed by atoms with Gasteiger partial charge in [0.05, 0.1) is 15.7 Å². The fraction of sp³-hybridized carbons (Fsp3) is 0.286. The SMILES string of the molecule is CCN1CC(I)=C(c2cc(C(C)C)c(OCc3ccccc3)cc2OCc2ccccc2)O1. The number of ether oxygens (including phenoxy) is 2. The first-order chi connectivity index (χ1) is 16.0. The Morgan fingerprint density at radius 2 is 1.45 bits per heavy atom. The summed E-state index contributed by atoms with van der Waals surface area (Å²) >= 11 is 2.38. The van der Waals surface area contributed by atoms with E-state index in [0.29, 0.717) is 19.1 Å². The largest absolute Gasteiger partial charge is 0.488 e. The smallest absolute Gasteiger partial charge is 0.169 e. The van der Waals surface area contributed by atoms with Crippen molar-refractivity contribution in [2.24, 2.45) is 0 Å². The third-order valence-corrected chi connectivity index (χ3v) is 6.42. The van der Waals surface area contributed by atoms with Crippen LogP contribution in [-0.4, -0.2) is 18.2 Å². The van der Waals surface area contributed by atoms with E-state index in [-0.39, 0.29) is 0 Å². The molecule has 172 valence electrons. The van der Waals surface area contributed by atoms with E-state index in [1.165, 1.54) is 3.58 Å². The molecule has 4 nitrogen and oxygen atoms in total. The maximum atomic E-state index is 6.36. The van der Waals surface area contributed by atoms with Crippen molar-refractivity contribution >= 4 is 28.4 Å². The van der Waals surface area contributed by atoms with Crippen LogP contribution in [0.15, 0.2) is 76.4 Å². The van der Waals surface area contributed by atoms with Crippen LogP contribution in [0.3, 0.4) is 0 Å². The van der Waals surface area contributed by atoms with Gasteiger partial charge in [-0.2, -0.15) is 0 Å². The van der Waals surface area contributed by atoms with Crippen molar-refractivity contribution in [3.63, 3.8) is 0 Å². The van der Waals surface area contributed by atoms with E-state index in [1.807, 2.05) is 47.5 Å². The molecule has 1 aliphatic rings. The third-order valence-electron chi connectivity index (χ3n) is 5.59. The van der Waals surface area contributed by atoms with Crippen LogP contribution in [0.25, 0.3) is 5.76 Å². The Kier molecular flexibility index (Phi) is 7.93. The molecular formula is C28H30INO3. The Balaban J connectivity index is 1.70. The van der Waals surface area contributed by atoms with Gasteiger partial charge in [-0.25, -0.2) is 0 Å². The average molecular weight is 555 g/mol. The minimum Gasteiger partial charge on any atom is -0.488 e. The molecule has 0 atom stereocenters. The van der Waals surface area contributed by atoms with Crippen LogP contribution in [-0.2, 0) is 18.1 Å². The van der Waals surface area contributed by atoms with Gasteiger partial charge < -0.3 is 14.3 Å². The standard InChI is InChI=1S/C28H30INO3/c1-4-30-17-25(29)28(33-30)24-15-23(20(2)3)26(31-18-21-11-7-5-8-12-21)16-27(24)32-19-22-13-9-6-10-14-22/h5-16,20H,4,17-19H2,1-3H3. The summed E-state index contributed by atoms with van der Waals surface area (Å²) in [7, 11) is 0. The topological polar surface area (TPSA) is 30.9 Å². The molecule has 33 heavy (non-hydrogen) atoms. The van der Waals surface area contributed by atoms with Gasteiger partial charge in [0.1, 0.15) is 24.7 Å². The van der Waals surface area contributed by atoms with Crippen molar-refractivity contribution in [1.29, 1.82) is 0 Å². The lowest BCUT2D eigenvalue weighted by Gasteiger charge is -2.21. The van der Waals surface area contributed by atoms with Crippen LogP contribution in [0.5, 0.6) is 11.5 Å². The van der Waals surface area contributed by atoms with Gasteiger partial charge in [0, 0.05) is 12.6 Å². The fourth-order valence-electron chi connectivity index (χ4n) is 3.73. The highest BCUT2D eigenvalue weighted by Gasteiger charge is 2.27. The zero-order chi connectivity index (χ0) is 23.2. The second-order valence-corrected chi connectivity index (χ2v) is 9.67. The molecule has 0 aliphatic carbocycles. The van der Waals surface area contributed by atoms with E-state index >= 15 is 0 Å². The lowest BCUT2D eigenvalue weighted by atomic mass is 9.97. The van der Waals surface area contributed by atoms with Gasteiger partial charge in [-0.05, 0) is 58.2 Å². The molecule has 0 bridgehead atoms. The van der Waals surface area contributed by atoms with Gasteiger partial charge in [-0.3, -0.25) is 0 Å². The summed E-state index contributed by atoms with van der Waals surface area (Å²) in [6.45, 7) is 9.07. The van der Waals surface area contributed by atoms with E-state index in [0.717, 1.165) is 52.6 Å². The van der Waals surface area contributed by atoms with Crippen LogP contribution < -0.4 is 9.47 Å².